The Labute approximate surface area is 74.1 Å². The molecule has 0 spiro atoms. The molecule has 0 aliphatic heterocycles. The summed E-state index contributed by atoms with van der Waals surface area (Å²) < 4.78 is 6.05. The van der Waals surface area contributed by atoms with Crippen molar-refractivity contribution in [1.29, 1.82) is 5.26 Å². The highest BCUT2D eigenvalue weighted by atomic mass is 16.6. The van der Waals surface area contributed by atoms with Crippen LogP contribution in [0.5, 0.6) is 5.88 Å². The zero-order valence-electron chi connectivity index (χ0n) is 7.14. The predicted molar refractivity (Wildman–Crippen MR) is 43.3 cm³/mol. The second-order valence-corrected chi connectivity index (χ2v) is 2.35. The third-order valence-corrected chi connectivity index (χ3v) is 1.65. The maximum absolute atomic E-state index is 10.4. The van der Waals surface area contributed by atoms with Gasteiger partial charge < -0.3 is 14.9 Å². The first-order chi connectivity index (χ1) is 6.11. The molecule has 1 rings (SSSR count). The molecule has 13 heavy (non-hydrogen) atoms. The lowest BCUT2D eigenvalue weighted by molar-refractivity contribution is -0.391. The van der Waals surface area contributed by atoms with Gasteiger partial charge in [0.25, 0.3) is 0 Å². The van der Waals surface area contributed by atoms with Gasteiger partial charge in [-0.1, -0.05) is 0 Å². The van der Waals surface area contributed by atoms with Crippen LogP contribution in [0.1, 0.15) is 5.56 Å². The van der Waals surface area contributed by atoms with Crippen LogP contribution in [0, 0.1) is 21.4 Å². The zero-order chi connectivity index (χ0) is 10.0. The van der Waals surface area contributed by atoms with Crippen molar-refractivity contribution in [3.05, 3.63) is 21.7 Å². The molecule has 6 heteroatoms. The lowest BCUT2D eigenvalue weighted by atomic mass is 10.3. The molecular weight excluding hydrogens is 174 g/mol. The summed E-state index contributed by atoms with van der Waals surface area (Å²) in [6, 6.07) is 2.99. The molecule has 0 aliphatic rings. The Kier molecular flexibility index (Phi) is 2.19. The lowest BCUT2D eigenvalue weighted by Crippen LogP contribution is -1.99. The highest BCUT2D eigenvalue weighted by Crippen LogP contribution is 2.26. The van der Waals surface area contributed by atoms with E-state index in [1.807, 2.05) is 6.07 Å². The summed E-state index contributed by atoms with van der Waals surface area (Å²) in [5, 5.41) is 19.0. The molecule has 0 atom stereocenters. The van der Waals surface area contributed by atoms with Crippen molar-refractivity contribution in [3.63, 3.8) is 0 Å². The molecule has 1 aromatic heterocycles. The Bertz CT molecular complexity index is 388. The second kappa shape index (κ2) is 3.15. The first-order valence-corrected chi connectivity index (χ1v) is 3.40. The number of rotatable bonds is 2. The van der Waals surface area contributed by atoms with E-state index in [0.29, 0.717) is 0 Å². The van der Waals surface area contributed by atoms with Crippen LogP contribution in [0.3, 0.4) is 0 Å². The standard InChI is InChI=1S/C7H7N3O3/c1-9-6(10(11)12)3-5(4-8)7(9)13-2/h3H,1-2H3. The number of hydrogen-bond acceptors (Lipinski definition) is 4. The monoisotopic (exact) mass is 181 g/mol. The number of nitrogens with zero attached hydrogens (tertiary/aromatic N) is 3. The molecule has 0 unspecified atom stereocenters. The fourth-order valence-corrected chi connectivity index (χ4v) is 1.07. The fraction of sp³-hybridized carbons (Fsp3) is 0.286. The predicted octanol–water partition coefficient (Wildman–Crippen LogP) is 0.814. The maximum Gasteiger partial charge on any atom is 0.327 e. The van der Waals surface area contributed by atoms with E-state index in [1.165, 1.54) is 24.8 Å². The molecule has 0 aromatic carbocycles. The largest absolute Gasteiger partial charge is 0.465 e. The van der Waals surface area contributed by atoms with Gasteiger partial charge in [0.05, 0.1) is 20.2 Å². The average molecular weight is 181 g/mol. The highest BCUT2D eigenvalue weighted by molar-refractivity contribution is 5.47. The molecule has 0 bridgehead atoms. The molecule has 0 saturated heterocycles. The maximum atomic E-state index is 10.4. The topological polar surface area (TPSA) is 81.1 Å². The quantitative estimate of drug-likeness (QED) is 0.499. The van der Waals surface area contributed by atoms with E-state index in [4.69, 9.17) is 10.00 Å². The molecule has 0 saturated carbocycles. The van der Waals surface area contributed by atoms with Gasteiger partial charge in [-0.3, -0.25) is 0 Å². The van der Waals surface area contributed by atoms with Crippen molar-refractivity contribution in [2.24, 2.45) is 7.05 Å². The SMILES string of the molecule is COc1c(C#N)cc([N+](=O)[O-])n1C. The van der Waals surface area contributed by atoms with Crippen molar-refractivity contribution in [2.75, 3.05) is 7.11 Å². The summed E-state index contributed by atoms with van der Waals surface area (Å²) in [7, 11) is 2.83. The first kappa shape index (κ1) is 9.06. The summed E-state index contributed by atoms with van der Waals surface area (Å²) in [6.45, 7) is 0. The molecule has 0 fully saturated rings. The summed E-state index contributed by atoms with van der Waals surface area (Å²) in [6.07, 6.45) is 0. The molecule has 0 amide bonds. The van der Waals surface area contributed by atoms with Gasteiger partial charge in [-0.05, 0) is 4.92 Å². The van der Waals surface area contributed by atoms with Crippen LogP contribution >= 0.6 is 0 Å². The normalized spacial score (nSPS) is 9.31. The van der Waals surface area contributed by atoms with Crippen molar-refractivity contribution in [1.82, 2.24) is 4.57 Å². The highest BCUT2D eigenvalue weighted by Gasteiger charge is 2.21. The molecular formula is C7H7N3O3. The van der Waals surface area contributed by atoms with E-state index < -0.39 is 4.92 Å². The Morgan fingerprint density at radius 2 is 2.38 bits per heavy atom. The molecule has 68 valence electrons. The molecule has 6 nitrogen and oxygen atoms in total. The zero-order valence-corrected chi connectivity index (χ0v) is 7.14. The minimum absolute atomic E-state index is 0.159. The van der Waals surface area contributed by atoms with Gasteiger partial charge >= 0.3 is 11.7 Å². The summed E-state index contributed by atoms with van der Waals surface area (Å²) in [4.78, 5) is 9.87. The van der Waals surface area contributed by atoms with Gasteiger partial charge in [-0.2, -0.15) is 9.83 Å². The number of nitriles is 1. The molecule has 1 aromatic rings. The molecule has 0 N–H and O–H groups in total. The number of ether oxygens (including phenoxy) is 1. The summed E-state index contributed by atoms with van der Waals surface area (Å²) >= 11 is 0. The van der Waals surface area contributed by atoms with E-state index in [-0.39, 0.29) is 17.3 Å². The first-order valence-electron chi connectivity index (χ1n) is 3.40. The Morgan fingerprint density at radius 3 is 2.69 bits per heavy atom. The van der Waals surface area contributed by atoms with Gasteiger partial charge in [0.2, 0.25) is 0 Å². The third kappa shape index (κ3) is 1.31. The minimum Gasteiger partial charge on any atom is -0.465 e. The van der Waals surface area contributed by atoms with E-state index in [1.54, 1.807) is 0 Å². The van der Waals surface area contributed by atoms with Crippen LogP contribution in [0.2, 0.25) is 0 Å². The number of nitro groups is 1. The third-order valence-electron chi connectivity index (χ3n) is 1.65. The van der Waals surface area contributed by atoms with Crippen LogP contribution in [-0.4, -0.2) is 16.6 Å². The van der Waals surface area contributed by atoms with E-state index in [2.05, 4.69) is 0 Å². The molecule has 0 aliphatic carbocycles. The summed E-state index contributed by atoms with van der Waals surface area (Å²) in [5.74, 6) is 0.0441. The van der Waals surface area contributed by atoms with Crippen LogP contribution in [-0.2, 0) is 7.05 Å². The van der Waals surface area contributed by atoms with Crippen molar-refractivity contribution < 1.29 is 9.66 Å². The van der Waals surface area contributed by atoms with Gasteiger partial charge in [-0.15, -0.1) is 0 Å². The average Bonchev–Trinajstić information content (AvgIpc) is 2.41. The van der Waals surface area contributed by atoms with Gasteiger partial charge in [-0.25, -0.2) is 0 Å². The van der Waals surface area contributed by atoms with Gasteiger partial charge in [0, 0.05) is 0 Å². The van der Waals surface area contributed by atoms with Crippen LogP contribution in [0.4, 0.5) is 5.82 Å². The minimum atomic E-state index is -0.566. The number of aromatic nitrogens is 1. The molecule has 0 radical (unpaired) electrons. The van der Waals surface area contributed by atoms with E-state index >= 15 is 0 Å². The van der Waals surface area contributed by atoms with Crippen molar-refractivity contribution in [2.45, 2.75) is 0 Å². The molecule has 1 heterocycles. The Balaban J connectivity index is 3.37. The Hall–Kier alpha value is -2.03. The van der Waals surface area contributed by atoms with Crippen molar-refractivity contribution >= 4 is 5.82 Å². The smallest absolute Gasteiger partial charge is 0.327 e. The fourth-order valence-electron chi connectivity index (χ4n) is 1.07. The van der Waals surface area contributed by atoms with Gasteiger partial charge in [0.1, 0.15) is 11.6 Å². The van der Waals surface area contributed by atoms with Gasteiger partial charge in [0.15, 0.2) is 0 Å². The lowest BCUT2D eigenvalue weighted by Gasteiger charge is -1.97. The van der Waals surface area contributed by atoms with Crippen LogP contribution in [0.25, 0.3) is 0 Å². The summed E-state index contributed by atoms with van der Waals surface area (Å²) in [5.41, 5.74) is 0.164. The number of methoxy groups -OCH3 is 1. The van der Waals surface area contributed by atoms with Crippen LogP contribution in [0.15, 0.2) is 6.07 Å². The van der Waals surface area contributed by atoms with E-state index in [0.717, 1.165) is 0 Å². The number of hydrogen-bond donors (Lipinski definition) is 0. The van der Waals surface area contributed by atoms with Crippen molar-refractivity contribution in [3.8, 4) is 11.9 Å². The second-order valence-electron chi connectivity index (χ2n) is 2.35. The van der Waals surface area contributed by atoms with Crippen LogP contribution < -0.4 is 4.74 Å². The van der Waals surface area contributed by atoms with E-state index in [9.17, 15) is 10.1 Å². The Morgan fingerprint density at radius 1 is 1.77 bits per heavy atom.